The van der Waals surface area contributed by atoms with E-state index in [1.54, 1.807) is 11.8 Å². The minimum absolute atomic E-state index is 0. The second-order valence-electron chi connectivity index (χ2n) is 8.19. The predicted molar refractivity (Wildman–Crippen MR) is 139 cm³/mol. The number of hydrogen-bond donors (Lipinski definition) is 0. The van der Waals surface area contributed by atoms with Crippen molar-refractivity contribution in [3.8, 4) is 0 Å². The van der Waals surface area contributed by atoms with Gasteiger partial charge in [0.1, 0.15) is 0 Å². The molecule has 0 radical (unpaired) electrons. The molecule has 0 amide bonds. The molecule has 176 valence electrons. The Morgan fingerprint density at radius 2 is 1.31 bits per heavy atom. The SMILES string of the molecule is Clc1ccc2c3c1C([C-]=C3)c1cccc(c1)S2.Clc1cccc2c1C(c1ccccc1)[C-]=C2.[Cl-].[Cl-].[Zr+4]. The zero-order valence-electron chi connectivity index (χ0n) is 18.8. The summed E-state index contributed by atoms with van der Waals surface area (Å²) in [4.78, 5) is 2.56. The summed E-state index contributed by atoms with van der Waals surface area (Å²) >= 11 is 14.4. The van der Waals surface area contributed by atoms with E-state index in [2.05, 4.69) is 66.8 Å². The molecule has 4 aromatic rings. The number of rotatable bonds is 1. The molecule has 0 saturated heterocycles. The number of benzene rings is 4. The van der Waals surface area contributed by atoms with Crippen molar-refractivity contribution in [2.24, 2.45) is 0 Å². The average molecular weight is 644 g/mol. The first kappa shape index (κ1) is 29.3. The largest absolute Gasteiger partial charge is 4.00 e. The van der Waals surface area contributed by atoms with Crippen LogP contribution in [0.25, 0.3) is 12.2 Å². The van der Waals surface area contributed by atoms with Crippen molar-refractivity contribution in [3.05, 3.63) is 141 Å². The van der Waals surface area contributed by atoms with Crippen molar-refractivity contribution in [3.63, 3.8) is 0 Å². The topological polar surface area (TPSA) is 0 Å². The molecule has 3 aliphatic rings. The summed E-state index contributed by atoms with van der Waals surface area (Å²) in [6.45, 7) is 0. The third-order valence-electron chi connectivity index (χ3n) is 6.21. The maximum absolute atomic E-state index is 6.34. The van der Waals surface area contributed by atoms with Crippen molar-refractivity contribution in [1.29, 1.82) is 0 Å². The van der Waals surface area contributed by atoms with Gasteiger partial charge in [-0.3, -0.25) is 12.2 Å². The van der Waals surface area contributed by atoms with Crippen molar-refractivity contribution in [2.75, 3.05) is 0 Å². The molecule has 0 N–H and O–H groups in total. The molecule has 1 aliphatic heterocycles. The van der Waals surface area contributed by atoms with Crippen LogP contribution in [-0.4, -0.2) is 0 Å². The predicted octanol–water partition coefficient (Wildman–Crippen LogP) is 3.07. The quantitative estimate of drug-likeness (QED) is 0.288. The molecule has 7 rings (SSSR count). The van der Waals surface area contributed by atoms with Crippen LogP contribution in [0.2, 0.25) is 10.0 Å². The molecule has 1 heterocycles. The minimum Gasteiger partial charge on any atom is -1.00 e. The molecular formula is C30H18Cl4SZr. The van der Waals surface area contributed by atoms with E-state index in [4.69, 9.17) is 23.2 Å². The Balaban J connectivity index is 0.000000185. The Morgan fingerprint density at radius 3 is 2.11 bits per heavy atom. The van der Waals surface area contributed by atoms with Crippen LogP contribution in [0.15, 0.2) is 94.7 Å². The van der Waals surface area contributed by atoms with Crippen molar-refractivity contribution in [1.82, 2.24) is 0 Å². The molecule has 0 spiro atoms. The summed E-state index contributed by atoms with van der Waals surface area (Å²) in [5, 5.41) is 1.68. The summed E-state index contributed by atoms with van der Waals surface area (Å²) < 4.78 is 0. The van der Waals surface area contributed by atoms with Crippen LogP contribution in [0, 0.1) is 12.2 Å². The fraction of sp³-hybridized carbons (Fsp3) is 0.0667. The van der Waals surface area contributed by atoms with Gasteiger partial charge < -0.3 is 24.8 Å². The first-order chi connectivity index (χ1) is 16.2. The van der Waals surface area contributed by atoms with Crippen LogP contribution in [0.5, 0.6) is 0 Å². The maximum atomic E-state index is 6.34. The van der Waals surface area contributed by atoms with Crippen LogP contribution in [0.3, 0.4) is 0 Å². The zero-order valence-corrected chi connectivity index (χ0v) is 25.1. The molecule has 4 aromatic carbocycles. The Morgan fingerprint density at radius 1 is 0.639 bits per heavy atom. The van der Waals surface area contributed by atoms with Gasteiger partial charge in [0, 0.05) is 14.9 Å². The summed E-state index contributed by atoms with van der Waals surface area (Å²) in [6, 6.07) is 29.1. The average Bonchev–Trinajstić information content (AvgIpc) is 3.49. The molecule has 2 atom stereocenters. The van der Waals surface area contributed by atoms with E-state index in [0.717, 1.165) is 10.0 Å². The van der Waals surface area contributed by atoms with Crippen LogP contribution in [-0.2, 0) is 26.2 Å². The summed E-state index contributed by atoms with van der Waals surface area (Å²) in [6.07, 6.45) is 10.9. The second kappa shape index (κ2) is 12.5. The van der Waals surface area contributed by atoms with E-state index >= 15 is 0 Å². The summed E-state index contributed by atoms with van der Waals surface area (Å²) in [7, 11) is 0. The third kappa shape index (κ3) is 5.46. The summed E-state index contributed by atoms with van der Waals surface area (Å²) in [5.74, 6) is 0.392. The molecule has 6 heteroatoms. The van der Waals surface area contributed by atoms with Gasteiger partial charge in [0.2, 0.25) is 0 Å². The molecule has 0 aromatic heterocycles. The fourth-order valence-corrected chi connectivity index (χ4v) is 6.24. The standard InChI is InChI=1S/C15H8ClS.C15H10Cl.2ClH.Zr/c16-13-6-7-14-12-5-4-11(15(12)13)9-2-1-3-10(8-9)17-14;16-14-8-4-7-12-9-10-13(15(12)14)11-5-2-1-3-6-11;;;/h1-3,5-8,11H;1-9,13H;2*1H;/q2*-1;;;+4/p-2. The molecule has 36 heavy (non-hydrogen) atoms. The van der Waals surface area contributed by atoms with Crippen molar-refractivity contribution in [2.45, 2.75) is 21.6 Å². The van der Waals surface area contributed by atoms with E-state index in [1.807, 2.05) is 42.5 Å². The van der Waals surface area contributed by atoms with E-state index in [0.29, 0.717) is 0 Å². The van der Waals surface area contributed by atoms with E-state index in [1.165, 1.54) is 43.2 Å². The number of halogens is 4. The van der Waals surface area contributed by atoms with E-state index in [-0.39, 0.29) is 62.9 Å². The van der Waals surface area contributed by atoms with Gasteiger partial charge in [0.05, 0.1) is 0 Å². The van der Waals surface area contributed by atoms with Crippen LogP contribution in [0.4, 0.5) is 0 Å². The molecular weight excluding hydrogens is 625 g/mol. The van der Waals surface area contributed by atoms with Crippen LogP contribution < -0.4 is 24.8 Å². The van der Waals surface area contributed by atoms with Gasteiger partial charge in [-0.15, -0.1) is 29.0 Å². The smallest absolute Gasteiger partial charge is 1.00 e. The van der Waals surface area contributed by atoms with Crippen molar-refractivity contribution < 1.29 is 51.0 Å². The Bertz CT molecular complexity index is 1430. The van der Waals surface area contributed by atoms with Gasteiger partial charge in [0.25, 0.3) is 0 Å². The van der Waals surface area contributed by atoms with Gasteiger partial charge in [0.15, 0.2) is 0 Å². The first-order valence-corrected chi connectivity index (χ1v) is 12.4. The number of hydrogen-bond acceptors (Lipinski definition) is 1. The van der Waals surface area contributed by atoms with Gasteiger partial charge in [-0.2, -0.15) is 11.1 Å². The fourth-order valence-electron chi connectivity index (χ4n) is 4.67. The number of fused-ring (bicyclic) bond motifs is 4. The van der Waals surface area contributed by atoms with Gasteiger partial charge in [-0.25, -0.2) is 12.2 Å². The first-order valence-electron chi connectivity index (χ1n) is 10.8. The number of allylic oxidation sites excluding steroid dienone is 2. The molecule has 0 nitrogen and oxygen atoms in total. The Kier molecular flexibility index (Phi) is 10.2. The normalized spacial score (nSPS) is 16.7. The Hall–Kier alpha value is -1.25. The van der Waals surface area contributed by atoms with Gasteiger partial charge >= 0.3 is 26.2 Å². The third-order valence-corrected chi connectivity index (χ3v) is 7.93. The van der Waals surface area contributed by atoms with Crippen LogP contribution >= 0.6 is 35.0 Å². The minimum atomic E-state index is 0. The molecule has 0 saturated carbocycles. The van der Waals surface area contributed by atoms with Crippen LogP contribution in [0.1, 0.15) is 45.2 Å². The van der Waals surface area contributed by atoms with E-state index in [9.17, 15) is 0 Å². The second-order valence-corrected chi connectivity index (χ2v) is 10.1. The monoisotopic (exact) mass is 640 g/mol. The van der Waals surface area contributed by atoms with E-state index < -0.39 is 0 Å². The molecule has 2 aliphatic carbocycles. The molecule has 0 fully saturated rings. The van der Waals surface area contributed by atoms with Crippen molar-refractivity contribution >= 4 is 47.1 Å². The zero-order chi connectivity index (χ0) is 22.4. The van der Waals surface area contributed by atoms with Gasteiger partial charge in [-0.05, 0) is 24.3 Å². The maximum Gasteiger partial charge on any atom is 4.00 e. The van der Waals surface area contributed by atoms with Gasteiger partial charge in [-0.1, -0.05) is 106 Å². The molecule has 2 unspecified atom stereocenters. The Labute approximate surface area is 258 Å². The summed E-state index contributed by atoms with van der Waals surface area (Å²) in [5.41, 5.74) is 7.35. The molecule has 6 bridgehead atoms.